The fraction of sp³-hybridized carbons (Fsp3) is 0. The predicted octanol–water partition coefficient (Wildman–Crippen LogP) is 5.65. The highest BCUT2D eigenvalue weighted by atomic mass is 35.5. The Kier molecular flexibility index (Phi) is 3.85. The van der Waals surface area contributed by atoms with Crippen LogP contribution in [0.15, 0.2) is 48.7 Å². The largest absolute Gasteiger partial charge is 0.336 e. The Morgan fingerprint density at radius 3 is 2.38 bits per heavy atom. The van der Waals surface area contributed by atoms with Crippen LogP contribution in [0.1, 0.15) is 0 Å². The first-order valence-electron chi connectivity index (χ1n) is 6.08. The van der Waals surface area contributed by atoms with Crippen molar-refractivity contribution in [2.24, 2.45) is 0 Å². The van der Waals surface area contributed by atoms with Gasteiger partial charge in [-0.25, -0.2) is 4.39 Å². The van der Waals surface area contributed by atoms with Crippen molar-refractivity contribution in [1.29, 1.82) is 0 Å². The van der Waals surface area contributed by atoms with Gasteiger partial charge in [-0.3, -0.25) is 4.57 Å². The van der Waals surface area contributed by atoms with Crippen LogP contribution >= 0.6 is 35.4 Å². The van der Waals surface area contributed by atoms with Crippen LogP contribution in [0.2, 0.25) is 10.0 Å². The summed E-state index contributed by atoms with van der Waals surface area (Å²) in [6.45, 7) is 0. The van der Waals surface area contributed by atoms with E-state index in [1.54, 1.807) is 30.5 Å². The first kappa shape index (κ1) is 14.3. The van der Waals surface area contributed by atoms with Crippen molar-refractivity contribution >= 4 is 35.4 Å². The van der Waals surface area contributed by atoms with Gasteiger partial charge in [0.1, 0.15) is 5.82 Å². The first-order chi connectivity index (χ1) is 10.1. The minimum atomic E-state index is -0.295. The topological polar surface area (TPSA) is 20.7 Å². The molecule has 0 atom stereocenters. The Morgan fingerprint density at radius 1 is 1.00 bits per heavy atom. The predicted molar refractivity (Wildman–Crippen MR) is 86.4 cm³/mol. The van der Waals surface area contributed by atoms with Gasteiger partial charge in [-0.1, -0.05) is 29.3 Å². The van der Waals surface area contributed by atoms with Crippen LogP contribution in [0.3, 0.4) is 0 Å². The molecule has 6 heteroatoms. The fourth-order valence-corrected chi connectivity index (χ4v) is 2.64. The zero-order valence-corrected chi connectivity index (χ0v) is 12.9. The molecule has 0 bridgehead atoms. The summed E-state index contributed by atoms with van der Waals surface area (Å²) in [6.07, 6.45) is 1.78. The molecule has 106 valence electrons. The lowest BCUT2D eigenvalue weighted by Gasteiger charge is -2.09. The number of nitrogens with one attached hydrogen (secondary N) is 1. The van der Waals surface area contributed by atoms with Gasteiger partial charge in [0.2, 0.25) is 0 Å². The van der Waals surface area contributed by atoms with E-state index < -0.39 is 0 Å². The Morgan fingerprint density at radius 2 is 1.71 bits per heavy atom. The average molecular weight is 339 g/mol. The van der Waals surface area contributed by atoms with E-state index in [9.17, 15) is 4.39 Å². The maximum atomic E-state index is 13.1. The van der Waals surface area contributed by atoms with Crippen LogP contribution in [0.4, 0.5) is 4.39 Å². The van der Waals surface area contributed by atoms with Gasteiger partial charge >= 0.3 is 0 Å². The van der Waals surface area contributed by atoms with E-state index in [2.05, 4.69) is 4.98 Å². The van der Waals surface area contributed by atoms with Crippen LogP contribution in [-0.4, -0.2) is 9.55 Å². The molecule has 2 nitrogen and oxygen atoms in total. The number of aromatic nitrogens is 2. The number of hydrogen-bond acceptors (Lipinski definition) is 1. The maximum Gasteiger partial charge on any atom is 0.182 e. The first-order valence-corrected chi connectivity index (χ1v) is 7.24. The highest BCUT2D eigenvalue weighted by Crippen LogP contribution is 2.30. The molecule has 0 radical (unpaired) electrons. The highest BCUT2D eigenvalue weighted by Gasteiger charge is 2.10. The molecule has 2 aromatic carbocycles. The van der Waals surface area contributed by atoms with Gasteiger partial charge in [-0.15, -0.1) is 0 Å². The van der Waals surface area contributed by atoms with Gasteiger partial charge in [0.25, 0.3) is 0 Å². The number of halogens is 3. The van der Waals surface area contributed by atoms with E-state index in [1.807, 2.05) is 10.6 Å². The number of benzene rings is 2. The summed E-state index contributed by atoms with van der Waals surface area (Å²) in [7, 11) is 0. The van der Waals surface area contributed by atoms with Gasteiger partial charge in [0, 0.05) is 17.4 Å². The van der Waals surface area contributed by atoms with Crippen molar-refractivity contribution in [2.75, 3.05) is 0 Å². The normalized spacial score (nSPS) is 10.8. The minimum absolute atomic E-state index is 0.295. The van der Waals surface area contributed by atoms with E-state index >= 15 is 0 Å². The van der Waals surface area contributed by atoms with E-state index in [1.165, 1.54) is 12.1 Å². The summed E-state index contributed by atoms with van der Waals surface area (Å²) in [5, 5.41) is 0.954. The number of nitrogens with zero attached hydrogens (tertiary/aromatic N) is 1. The molecule has 0 aliphatic rings. The lowest BCUT2D eigenvalue weighted by molar-refractivity contribution is 0.627. The molecule has 0 amide bonds. The third-order valence-corrected chi connectivity index (χ3v) is 4.12. The third-order valence-electron chi connectivity index (χ3n) is 3.08. The Bertz CT molecular complexity index is 853. The maximum absolute atomic E-state index is 13.1. The standard InChI is InChI=1S/C15H9Cl2FN2S/c16-12-6-1-9(7-13(12)17)14-8-19-15(21)20(14)11-4-2-10(18)3-5-11/h1-8H,(H,19,21). The third kappa shape index (κ3) is 2.75. The molecule has 21 heavy (non-hydrogen) atoms. The molecular formula is C15H9Cl2FN2S. The molecule has 1 N–H and O–H groups in total. The second-order valence-corrected chi connectivity index (χ2v) is 5.62. The summed E-state index contributed by atoms with van der Waals surface area (Å²) in [6, 6.07) is 11.5. The van der Waals surface area contributed by atoms with Gasteiger partial charge < -0.3 is 4.98 Å². The van der Waals surface area contributed by atoms with Crippen molar-refractivity contribution in [3.05, 3.63) is 69.3 Å². The van der Waals surface area contributed by atoms with Gasteiger partial charge in [0.15, 0.2) is 4.77 Å². The molecule has 1 heterocycles. The summed E-state index contributed by atoms with van der Waals surface area (Å²) < 4.78 is 15.4. The number of imidazole rings is 1. The lowest BCUT2D eigenvalue weighted by atomic mass is 10.1. The molecule has 0 aliphatic heterocycles. The summed E-state index contributed by atoms with van der Waals surface area (Å²) in [5.41, 5.74) is 2.45. The number of hydrogen-bond donors (Lipinski definition) is 1. The van der Waals surface area contributed by atoms with E-state index in [0.29, 0.717) is 14.8 Å². The molecule has 0 fully saturated rings. The minimum Gasteiger partial charge on any atom is -0.336 e. The van der Waals surface area contributed by atoms with E-state index in [-0.39, 0.29) is 5.82 Å². The summed E-state index contributed by atoms with van der Waals surface area (Å²) in [5.74, 6) is -0.295. The molecule has 1 aromatic heterocycles. The molecule has 3 aromatic rings. The van der Waals surface area contributed by atoms with Crippen molar-refractivity contribution in [2.45, 2.75) is 0 Å². The molecule has 0 saturated heterocycles. The van der Waals surface area contributed by atoms with Gasteiger partial charge in [-0.05, 0) is 48.6 Å². The van der Waals surface area contributed by atoms with Gasteiger partial charge in [-0.2, -0.15) is 0 Å². The Balaban J connectivity index is 2.19. The number of H-pyrrole nitrogens is 1. The van der Waals surface area contributed by atoms with Crippen LogP contribution in [0.5, 0.6) is 0 Å². The number of rotatable bonds is 2. The van der Waals surface area contributed by atoms with E-state index in [0.717, 1.165) is 16.9 Å². The zero-order chi connectivity index (χ0) is 15.0. The zero-order valence-electron chi connectivity index (χ0n) is 10.6. The van der Waals surface area contributed by atoms with Crippen LogP contribution in [-0.2, 0) is 0 Å². The van der Waals surface area contributed by atoms with E-state index in [4.69, 9.17) is 35.4 Å². The molecule has 3 rings (SSSR count). The quantitative estimate of drug-likeness (QED) is 0.599. The summed E-state index contributed by atoms with van der Waals surface area (Å²) in [4.78, 5) is 2.99. The van der Waals surface area contributed by atoms with Crippen LogP contribution in [0, 0.1) is 10.6 Å². The average Bonchev–Trinajstić information content (AvgIpc) is 2.85. The van der Waals surface area contributed by atoms with Crippen molar-refractivity contribution < 1.29 is 4.39 Å². The fourth-order valence-electron chi connectivity index (χ4n) is 2.08. The van der Waals surface area contributed by atoms with Gasteiger partial charge in [0.05, 0.1) is 15.7 Å². The molecule has 0 unspecified atom stereocenters. The Labute approximate surface area is 135 Å². The monoisotopic (exact) mass is 338 g/mol. The molecule has 0 spiro atoms. The molecule has 0 aliphatic carbocycles. The Hall–Kier alpha value is -1.62. The van der Waals surface area contributed by atoms with Crippen molar-refractivity contribution in [1.82, 2.24) is 9.55 Å². The van der Waals surface area contributed by atoms with Crippen molar-refractivity contribution in [3.8, 4) is 16.9 Å². The molecule has 0 saturated carbocycles. The molecular weight excluding hydrogens is 330 g/mol. The smallest absolute Gasteiger partial charge is 0.182 e. The van der Waals surface area contributed by atoms with Crippen molar-refractivity contribution in [3.63, 3.8) is 0 Å². The van der Waals surface area contributed by atoms with Crippen LogP contribution < -0.4 is 0 Å². The SMILES string of the molecule is Fc1ccc(-n2c(-c3ccc(Cl)c(Cl)c3)c[nH]c2=S)cc1. The lowest BCUT2D eigenvalue weighted by Crippen LogP contribution is -1.97. The second kappa shape index (κ2) is 5.64. The van der Waals surface area contributed by atoms with Crippen LogP contribution in [0.25, 0.3) is 16.9 Å². The number of aromatic amines is 1. The highest BCUT2D eigenvalue weighted by molar-refractivity contribution is 7.71. The summed E-state index contributed by atoms with van der Waals surface area (Å²) >= 11 is 17.3. The second-order valence-electron chi connectivity index (χ2n) is 4.42.